The predicted molar refractivity (Wildman–Crippen MR) is 104 cm³/mol. The van der Waals surface area contributed by atoms with Crippen LogP contribution in [0.1, 0.15) is 46.1 Å². The molecule has 0 aromatic heterocycles. The van der Waals surface area contributed by atoms with Crippen LogP contribution < -0.4 is 10.6 Å². The molecule has 0 aliphatic carbocycles. The Kier molecular flexibility index (Phi) is 9.42. The van der Waals surface area contributed by atoms with Gasteiger partial charge in [-0.05, 0) is 32.8 Å². The molecule has 140 valence electrons. The van der Waals surface area contributed by atoms with Crippen LogP contribution in [-0.4, -0.2) is 35.9 Å². The number of rotatable bonds is 9. The first-order chi connectivity index (χ1) is 11.8. The van der Waals surface area contributed by atoms with Gasteiger partial charge in [-0.15, -0.1) is 0 Å². The van der Waals surface area contributed by atoms with Gasteiger partial charge in [0.05, 0.1) is 0 Å². The van der Waals surface area contributed by atoms with Gasteiger partial charge in [0.15, 0.2) is 0 Å². The molecule has 1 atom stereocenters. The van der Waals surface area contributed by atoms with Crippen LogP contribution in [-0.2, 0) is 15.3 Å². The molecule has 0 saturated carbocycles. The van der Waals surface area contributed by atoms with E-state index in [0.717, 1.165) is 18.6 Å². The molecule has 0 fully saturated rings. The molecular weight excluding hydrogens is 336 g/mol. The lowest BCUT2D eigenvalue weighted by molar-refractivity contribution is -0.122. The SMILES string of the molecule is CCCCNC(=O)[C@H](CSCc1ccccc1)NC(=O)OC(C)(C)C. The summed E-state index contributed by atoms with van der Waals surface area (Å²) in [6.07, 6.45) is 1.36. The maximum Gasteiger partial charge on any atom is 0.408 e. The highest BCUT2D eigenvalue weighted by atomic mass is 32.2. The topological polar surface area (TPSA) is 67.4 Å². The lowest BCUT2D eigenvalue weighted by Crippen LogP contribution is -2.49. The minimum Gasteiger partial charge on any atom is -0.444 e. The molecule has 0 spiro atoms. The number of benzene rings is 1. The number of ether oxygens (including phenoxy) is 1. The smallest absolute Gasteiger partial charge is 0.408 e. The van der Waals surface area contributed by atoms with Crippen molar-refractivity contribution in [3.63, 3.8) is 0 Å². The Bertz CT molecular complexity index is 529. The Morgan fingerprint density at radius 1 is 1.20 bits per heavy atom. The third-order valence-corrected chi connectivity index (χ3v) is 4.34. The van der Waals surface area contributed by atoms with Gasteiger partial charge in [-0.1, -0.05) is 43.7 Å². The van der Waals surface area contributed by atoms with Crippen LogP contribution >= 0.6 is 11.8 Å². The van der Waals surface area contributed by atoms with E-state index in [-0.39, 0.29) is 5.91 Å². The fraction of sp³-hybridized carbons (Fsp3) is 0.579. The predicted octanol–water partition coefficient (Wildman–Crippen LogP) is 3.73. The highest BCUT2D eigenvalue weighted by Gasteiger charge is 2.24. The van der Waals surface area contributed by atoms with Crippen LogP contribution in [0.2, 0.25) is 0 Å². The number of amides is 2. The van der Waals surface area contributed by atoms with Crippen molar-refractivity contribution in [1.29, 1.82) is 0 Å². The van der Waals surface area contributed by atoms with Crippen LogP contribution in [0.4, 0.5) is 4.79 Å². The van der Waals surface area contributed by atoms with Gasteiger partial charge in [0.1, 0.15) is 11.6 Å². The maximum absolute atomic E-state index is 12.4. The molecule has 0 heterocycles. The summed E-state index contributed by atoms with van der Waals surface area (Å²) in [7, 11) is 0. The molecule has 1 aromatic rings. The van der Waals surface area contributed by atoms with E-state index in [1.54, 1.807) is 32.5 Å². The molecule has 0 radical (unpaired) electrons. The number of thioether (sulfide) groups is 1. The number of carbonyl (C=O) groups excluding carboxylic acids is 2. The standard InChI is InChI=1S/C19H30N2O3S/c1-5-6-12-20-17(22)16(21-18(23)24-19(2,3)4)14-25-13-15-10-8-7-9-11-15/h7-11,16H,5-6,12-14H2,1-4H3,(H,20,22)(H,21,23)/t16-/m0/s1. The van der Waals surface area contributed by atoms with Gasteiger partial charge in [-0.25, -0.2) is 4.79 Å². The van der Waals surface area contributed by atoms with Crippen molar-refractivity contribution in [3.8, 4) is 0 Å². The molecule has 2 N–H and O–H groups in total. The van der Waals surface area contributed by atoms with Crippen molar-refractivity contribution in [1.82, 2.24) is 10.6 Å². The van der Waals surface area contributed by atoms with Crippen molar-refractivity contribution >= 4 is 23.8 Å². The zero-order valence-electron chi connectivity index (χ0n) is 15.6. The van der Waals surface area contributed by atoms with Gasteiger partial charge in [-0.3, -0.25) is 4.79 Å². The molecule has 1 aromatic carbocycles. The molecule has 0 bridgehead atoms. The average molecular weight is 367 g/mol. The quantitative estimate of drug-likeness (QED) is 0.654. The van der Waals surface area contributed by atoms with Crippen molar-refractivity contribution in [2.45, 2.75) is 57.9 Å². The fourth-order valence-electron chi connectivity index (χ4n) is 2.01. The molecule has 6 heteroatoms. The number of hydrogen-bond acceptors (Lipinski definition) is 4. The Balaban J connectivity index is 2.56. The number of unbranched alkanes of at least 4 members (excludes halogenated alkanes) is 1. The summed E-state index contributed by atoms with van der Waals surface area (Å²) < 4.78 is 5.27. The lowest BCUT2D eigenvalue weighted by atomic mass is 10.2. The molecule has 2 amide bonds. The van der Waals surface area contributed by atoms with Crippen molar-refractivity contribution < 1.29 is 14.3 Å². The van der Waals surface area contributed by atoms with Gasteiger partial charge < -0.3 is 15.4 Å². The number of hydrogen-bond donors (Lipinski definition) is 2. The highest BCUT2D eigenvalue weighted by Crippen LogP contribution is 2.14. The van der Waals surface area contributed by atoms with Gasteiger partial charge in [-0.2, -0.15) is 11.8 Å². The molecule has 5 nitrogen and oxygen atoms in total. The Hall–Kier alpha value is -1.69. The first kappa shape index (κ1) is 21.4. The van der Waals surface area contributed by atoms with Gasteiger partial charge in [0.25, 0.3) is 0 Å². The van der Waals surface area contributed by atoms with E-state index >= 15 is 0 Å². The zero-order chi connectivity index (χ0) is 18.7. The summed E-state index contributed by atoms with van der Waals surface area (Å²) in [4.78, 5) is 24.4. The first-order valence-electron chi connectivity index (χ1n) is 8.70. The second-order valence-corrected chi connectivity index (χ2v) is 7.87. The summed E-state index contributed by atoms with van der Waals surface area (Å²) in [5.74, 6) is 1.11. The number of alkyl carbamates (subject to hydrolysis) is 1. The second-order valence-electron chi connectivity index (χ2n) is 6.84. The first-order valence-corrected chi connectivity index (χ1v) is 9.86. The third kappa shape index (κ3) is 10.0. The zero-order valence-corrected chi connectivity index (χ0v) is 16.4. The van der Waals surface area contributed by atoms with E-state index in [1.807, 2.05) is 30.3 Å². The van der Waals surface area contributed by atoms with E-state index in [9.17, 15) is 9.59 Å². The van der Waals surface area contributed by atoms with Crippen LogP contribution in [0.15, 0.2) is 30.3 Å². The fourth-order valence-corrected chi connectivity index (χ4v) is 3.03. The third-order valence-electron chi connectivity index (χ3n) is 3.23. The van der Waals surface area contributed by atoms with E-state index in [1.165, 1.54) is 5.56 Å². The van der Waals surface area contributed by atoms with Crippen LogP contribution in [0.3, 0.4) is 0 Å². The summed E-state index contributed by atoms with van der Waals surface area (Å²) >= 11 is 1.61. The molecule has 0 aliphatic rings. The Labute approximate surface area is 155 Å². The molecule has 0 aliphatic heterocycles. The summed E-state index contributed by atoms with van der Waals surface area (Å²) in [6.45, 7) is 8.08. The summed E-state index contributed by atoms with van der Waals surface area (Å²) in [6, 6.07) is 9.44. The maximum atomic E-state index is 12.4. The van der Waals surface area contributed by atoms with Gasteiger partial charge >= 0.3 is 6.09 Å². The Morgan fingerprint density at radius 2 is 1.88 bits per heavy atom. The summed E-state index contributed by atoms with van der Waals surface area (Å²) in [5.41, 5.74) is 0.597. The van der Waals surface area contributed by atoms with Crippen LogP contribution in [0, 0.1) is 0 Å². The normalized spacial score (nSPS) is 12.3. The largest absolute Gasteiger partial charge is 0.444 e. The van der Waals surface area contributed by atoms with Gasteiger partial charge in [0.2, 0.25) is 5.91 Å². The lowest BCUT2D eigenvalue weighted by Gasteiger charge is -2.23. The van der Waals surface area contributed by atoms with E-state index < -0.39 is 17.7 Å². The second kappa shape index (κ2) is 11.0. The summed E-state index contributed by atoms with van der Waals surface area (Å²) in [5, 5.41) is 5.57. The highest BCUT2D eigenvalue weighted by molar-refractivity contribution is 7.98. The van der Waals surface area contributed by atoms with Crippen molar-refractivity contribution in [3.05, 3.63) is 35.9 Å². The van der Waals surface area contributed by atoms with Crippen LogP contribution in [0.25, 0.3) is 0 Å². The number of nitrogens with one attached hydrogen (secondary N) is 2. The molecule has 0 saturated heterocycles. The minimum absolute atomic E-state index is 0.167. The number of carbonyl (C=O) groups is 2. The van der Waals surface area contributed by atoms with Crippen molar-refractivity contribution in [2.24, 2.45) is 0 Å². The molecule has 25 heavy (non-hydrogen) atoms. The van der Waals surface area contributed by atoms with E-state index in [4.69, 9.17) is 4.74 Å². The Morgan fingerprint density at radius 3 is 2.48 bits per heavy atom. The van der Waals surface area contributed by atoms with E-state index in [2.05, 4.69) is 17.6 Å². The molecule has 1 rings (SSSR count). The molecule has 0 unspecified atom stereocenters. The molecular formula is C19H30N2O3S. The van der Waals surface area contributed by atoms with E-state index in [0.29, 0.717) is 12.3 Å². The van der Waals surface area contributed by atoms with Crippen molar-refractivity contribution in [2.75, 3.05) is 12.3 Å². The monoisotopic (exact) mass is 366 g/mol. The minimum atomic E-state index is -0.611. The average Bonchev–Trinajstić information content (AvgIpc) is 2.53. The van der Waals surface area contributed by atoms with Gasteiger partial charge in [0, 0.05) is 18.1 Å². The van der Waals surface area contributed by atoms with Crippen LogP contribution in [0.5, 0.6) is 0 Å².